The van der Waals surface area contributed by atoms with Crippen LogP contribution in [0.15, 0.2) is 41.0 Å². The van der Waals surface area contributed by atoms with Crippen molar-refractivity contribution in [1.29, 1.82) is 0 Å². The van der Waals surface area contributed by atoms with Gasteiger partial charge in [0.2, 0.25) is 11.7 Å². The molecule has 1 heterocycles. The SMILES string of the molecule is NC(=O)c1ccccc1[C@H](CO)c1ccoc1C(=O)O. The first-order chi connectivity index (χ1) is 9.56. The van der Waals surface area contributed by atoms with Gasteiger partial charge in [-0.15, -0.1) is 0 Å². The number of nitrogens with two attached hydrogens (primary N) is 1. The molecule has 0 bridgehead atoms. The van der Waals surface area contributed by atoms with E-state index in [0.29, 0.717) is 11.1 Å². The molecule has 1 atom stereocenters. The molecule has 6 nitrogen and oxygen atoms in total. The highest BCUT2D eigenvalue weighted by molar-refractivity contribution is 5.95. The van der Waals surface area contributed by atoms with Crippen molar-refractivity contribution in [2.75, 3.05) is 6.61 Å². The van der Waals surface area contributed by atoms with E-state index in [9.17, 15) is 14.7 Å². The van der Waals surface area contributed by atoms with E-state index >= 15 is 0 Å². The smallest absolute Gasteiger partial charge is 0.372 e. The third kappa shape index (κ3) is 2.41. The highest BCUT2D eigenvalue weighted by Crippen LogP contribution is 2.30. The molecule has 20 heavy (non-hydrogen) atoms. The number of furan rings is 1. The topological polar surface area (TPSA) is 114 Å². The molecule has 1 aromatic heterocycles. The lowest BCUT2D eigenvalue weighted by atomic mass is 9.88. The van der Waals surface area contributed by atoms with Crippen LogP contribution in [-0.4, -0.2) is 28.7 Å². The Morgan fingerprint density at radius 1 is 1.20 bits per heavy atom. The summed E-state index contributed by atoms with van der Waals surface area (Å²) >= 11 is 0. The average molecular weight is 275 g/mol. The standard InChI is InChI=1S/C14H13NO5/c15-13(17)10-4-2-1-3-8(10)11(7-16)9-5-6-20-12(9)14(18)19/h1-6,11,16H,7H2,(H2,15,17)(H,18,19)/t11-/m0/s1. The Morgan fingerprint density at radius 2 is 1.90 bits per heavy atom. The van der Waals surface area contributed by atoms with Crippen LogP contribution in [0.5, 0.6) is 0 Å². The molecule has 1 amide bonds. The number of aromatic carboxylic acids is 1. The highest BCUT2D eigenvalue weighted by Gasteiger charge is 2.25. The number of hydrogen-bond acceptors (Lipinski definition) is 4. The maximum Gasteiger partial charge on any atom is 0.372 e. The zero-order valence-electron chi connectivity index (χ0n) is 10.4. The second-order valence-electron chi connectivity index (χ2n) is 4.20. The summed E-state index contributed by atoms with van der Waals surface area (Å²) in [5, 5.41) is 18.6. The van der Waals surface area contributed by atoms with E-state index in [4.69, 9.17) is 15.3 Å². The van der Waals surface area contributed by atoms with Crippen molar-refractivity contribution < 1.29 is 24.2 Å². The summed E-state index contributed by atoms with van der Waals surface area (Å²) in [6.45, 7) is -0.371. The molecule has 6 heteroatoms. The molecule has 0 aliphatic rings. The predicted octanol–water partition coefficient (Wildman–Crippen LogP) is 1.20. The zero-order valence-corrected chi connectivity index (χ0v) is 10.4. The lowest BCUT2D eigenvalue weighted by Gasteiger charge is -2.16. The van der Waals surface area contributed by atoms with Crippen LogP contribution in [0.1, 0.15) is 38.0 Å². The van der Waals surface area contributed by atoms with Crippen LogP contribution in [-0.2, 0) is 0 Å². The van der Waals surface area contributed by atoms with E-state index in [0.717, 1.165) is 0 Å². The fraction of sp³-hybridized carbons (Fsp3) is 0.143. The number of rotatable bonds is 5. The van der Waals surface area contributed by atoms with Gasteiger partial charge in [-0.2, -0.15) is 0 Å². The number of aliphatic hydroxyl groups is 1. The monoisotopic (exact) mass is 275 g/mol. The molecule has 0 unspecified atom stereocenters. The van der Waals surface area contributed by atoms with Crippen LogP contribution in [0.2, 0.25) is 0 Å². The van der Waals surface area contributed by atoms with Crippen molar-refractivity contribution in [3.8, 4) is 0 Å². The van der Waals surface area contributed by atoms with Crippen molar-refractivity contribution in [3.63, 3.8) is 0 Å². The van der Waals surface area contributed by atoms with Gasteiger partial charge in [0.05, 0.1) is 12.9 Å². The van der Waals surface area contributed by atoms with Crippen molar-refractivity contribution in [1.82, 2.24) is 0 Å². The zero-order chi connectivity index (χ0) is 14.7. The Labute approximate surface area is 114 Å². The van der Waals surface area contributed by atoms with Gasteiger partial charge in [-0.3, -0.25) is 4.79 Å². The van der Waals surface area contributed by atoms with Gasteiger partial charge in [0, 0.05) is 17.0 Å². The number of carbonyl (C=O) groups excluding carboxylic acids is 1. The largest absolute Gasteiger partial charge is 0.475 e. The molecule has 0 aliphatic heterocycles. The van der Waals surface area contributed by atoms with E-state index in [2.05, 4.69) is 0 Å². The molecule has 0 aliphatic carbocycles. The minimum atomic E-state index is -1.24. The van der Waals surface area contributed by atoms with Crippen molar-refractivity contribution >= 4 is 11.9 Å². The van der Waals surface area contributed by atoms with Gasteiger partial charge in [-0.05, 0) is 17.7 Å². The molecule has 0 saturated heterocycles. The van der Waals surface area contributed by atoms with E-state index in [1.54, 1.807) is 18.2 Å². The second kappa shape index (κ2) is 5.58. The van der Waals surface area contributed by atoms with Crippen LogP contribution in [0.3, 0.4) is 0 Å². The fourth-order valence-electron chi connectivity index (χ4n) is 2.16. The molecule has 2 rings (SSSR count). The molecule has 0 spiro atoms. The Bertz CT molecular complexity index is 647. The molecule has 0 radical (unpaired) electrons. The number of hydrogen-bond donors (Lipinski definition) is 3. The molecule has 0 fully saturated rings. The summed E-state index contributed by atoms with van der Waals surface area (Å²) in [5.41, 5.74) is 6.30. The number of benzene rings is 1. The molecular formula is C14H13NO5. The molecule has 104 valence electrons. The lowest BCUT2D eigenvalue weighted by Crippen LogP contribution is -2.18. The van der Waals surface area contributed by atoms with E-state index in [-0.39, 0.29) is 17.9 Å². The summed E-state index contributed by atoms with van der Waals surface area (Å²) in [5.74, 6) is -2.83. The van der Waals surface area contributed by atoms with Crippen molar-refractivity contribution in [3.05, 3.63) is 59.0 Å². The van der Waals surface area contributed by atoms with Crippen LogP contribution in [0.4, 0.5) is 0 Å². The van der Waals surface area contributed by atoms with Crippen LogP contribution < -0.4 is 5.73 Å². The Kier molecular flexibility index (Phi) is 3.86. The number of carboxylic acids is 1. The number of amides is 1. The van der Waals surface area contributed by atoms with Gasteiger partial charge in [-0.1, -0.05) is 18.2 Å². The van der Waals surface area contributed by atoms with Crippen molar-refractivity contribution in [2.24, 2.45) is 5.73 Å². The quantitative estimate of drug-likeness (QED) is 0.758. The number of carboxylic acid groups (broad SMARTS) is 1. The van der Waals surface area contributed by atoms with Crippen LogP contribution >= 0.6 is 0 Å². The van der Waals surface area contributed by atoms with Gasteiger partial charge in [-0.25, -0.2) is 4.79 Å². The first-order valence-electron chi connectivity index (χ1n) is 5.86. The molecule has 1 aromatic carbocycles. The van der Waals surface area contributed by atoms with Crippen molar-refractivity contribution in [2.45, 2.75) is 5.92 Å². The molecular weight excluding hydrogens is 262 g/mol. The maximum absolute atomic E-state index is 11.4. The normalized spacial score (nSPS) is 12.1. The average Bonchev–Trinajstić information content (AvgIpc) is 2.89. The summed E-state index contributed by atoms with van der Waals surface area (Å²) in [6, 6.07) is 7.94. The number of carbonyl (C=O) groups is 2. The van der Waals surface area contributed by atoms with Gasteiger partial charge in [0.1, 0.15) is 0 Å². The van der Waals surface area contributed by atoms with E-state index in [1.165, 1.54) is 18.4 Å². The molecule has 4 N–H and O–H groups in total. The molecule has 0 saturated carbocycles. The Balaban J connectivity index is 2.56. The summed E-state index contributed by atoms with van der Waals surface area (Å²) in [7, 11) is 0. The van der Waals surface area contributed by atoms with Crippen LogP contribution in [0.25, 0.3) is 0 Å². The van der Waals surface area contributed by atoms with E-state index in [1.807, 2.05) is 0 Å². The summed E-state index contributed by atoms with van der Waals surface area (Å²) < 4.78 is 4.90. The first kappa shape index (κ1) is 13.8. The van der Waals surface area contributed by atoms with Gasteiger partial charge in [0.15, 0.2) is 0 Å². The minimum absolute atomic E-state index is 0.240. The van der Waals surface area contributed by atoms with Gasteiger partial charge >= 0.3 is 5.97 Å². The lowest BCUT2D eigenvalue weighted by molar-refractivity contribution is 0.0659. The predicted molar refractivity (Wildman–Crippen MR) is 69.6 cm³/mol. The number of aliphatic hydroxyl groups excluding tert-OH is 1. The number of primary amides is 1. The first-order valence-corrected chi connectivity index (χ1v) is 5.86. The van der Waals surface area contributed by atoms with Crippen LogP contribution in [0, 0.1) is 0 Å². The molecule has 2 aromatic rings. The summed E-state index contributed by atoms with van der Waals surface area (Å²) in [4.78, 5) is 22.5. The minimum Gasteiger partial charge on any atom is -0.475 e. The summed E-state index contributed by atoms with van der Waals surface area (Å²) in [6.07, 6.45) is 1.23. The third-order valence-electron chi connectivity index (χ3n) is 3.05. The second-order valence-corrected chi connectivity index (χ2v) is 4.20. The third-order valence-corrected chi connectivity index (χ3v) is 3.05. The maximum atomic E-state index is 11.4. The Morgan fingerprint density at radius 3 is 2.50 bits per heavy atom. The highest BCUT2D eigenvalue weighted by atomic mass is 16.4. The van der Waals surface area contributed by atoms with Gasteiger partial charge < -0.3 is 20.4 Å². The van der Waals surface area contributed by atoms with E-state index < -0.39 is 17.8 Å². The van der Waals surface area contributed by atoms with Gasteiger partial charge in [0.25, 0.3) is 0 Å². The fourth-order valence-corrected chi connectivity index (χ4v) is 2.16. The Hall–Kier alpha value is -2.60.